The van der Waals surface area contributed by atoms with E-state index in [1.165, 1.54) is 7.11 Å². The van der Waals surface area contributed by atoms with Crippen LogP contribution < -0.4 is 0 Å². The molecule has 0 aliphatic heterocycles. The smallest absolute Gasteiger partial charge is 0.335 e. The Hall–Kier alpha value is -0.337. The first-order valence-corrected chi connectivity index (χ1v) is 3.24. The molecule has 1 rings (SSSR count). The van der Waals surface area contributed by atoms with Gasteiger partial charge in [-0.05, 0) is 0 Å². The number of hydrogen-bond acceptors (Lipinski definition) is 2. The number of benzene rings is 1. The molecule has 0 spiro atoms. The quantitative estimate of drug-likeness (QED) is 0.451. The summed E-state index contributed by atoms with van der Waals surface area (Å²) in [6.45, 7) is 3.69. The van der Waals surface area contributed by atoms with Gasteiger partial charge in [0.05, 0.1) is 7.11 Å². The Balaban J connectivity index is 0. The first-order valence-electron chi connectivity index (χ1n) is 3.24. The molecule has 4 heteroatoms. The summed E-state index contributed by atoms with van der Waals surface area (Å²) in [6, 6.07) is 6.92. The molecule has 68 valence electrons. The van der Waals surface area contributed by atoms with Crippen LogP contribution in [0, 0.1) is 6.92 Å². The van der Waals surface area contributed by atoms with Gasteiger partial charge in [0, 0.05) is 25.0 Å². The van der Waals surface area contributed by atoms with Crippen molar-refractivity contribution in [3.05, 3.63) is 42.3 Å². The van der Waals surface area contributed by atoms with Crippen LogP contribution in [0.15, 0.2) is 24.3 Å². The van der Waals surface area contributed by atoms with Gasteiger partial charge in [0.25, 0.3) is 0 Å². The van der Waals surface area contributed by atoms with Crippen LogP contribution in [0.1, 0.15) is 15.9 Å². The van der Waals surface area contributed by atoms with Crippen LogP contribution in [0.25, 0.3) is 0 Å². The zero-order valence-electron chi connectivity index (χ0n) is 7.45. The first-order chi connectivity index (χ1) is 5.24. The van der Waals surface area contributed by atoms with E-state index < -0.39 is 0 Å². The number of methoxy groups -OCH3 is 1. The van der Waals surface area contributed by atoms with Crippen molar-refractivity contribution in [1.82, 2.24) is 0 Å². The molecule has 0 heterocycles. The van der Waals surface area contributed by atoms with Crippen LogP contribution in [0.3, 0.4) is 0 Å². The minimum absolute atomic E-state index is 0. The van der Waals surface area contributed by atoms with Crippen LogP contribution in [0.4, 0.5) is 0 Å². The topological polar surface area (TPSA) is 26.3 Å². The van der Waals surface area contributed by atoms with Crippen molar-refractivity contribution in [2.75, 3.05) is 7.11 Å². The molecule has 0 bridgehead atoms. The fourth-order valence-corrected chi connectivity index (χ4v) is 0.759. The maximum atomic E-state index is 10.9. The zero-order chi connectivity index (χ0) is 8.27. The van der Waals surface area contributed by atoms with E-state index in [0.29, 0.717) is 5.56 Å². The second-order valence-corrected chi connectivity index (χ2v) is 2.19. The minimum atomic E-state index is -0.315. The van der Waals surface area contributed by atoms with Crippen LogP contribution in [-0.2, 0) is 24.2 Å². The molecule has 0 fully saturated rings. The average Bonchev–Trinajstić information content (AvgIpc) is 2.05. The van der Waals surface area contributed by atoms with Crippen LogP contribution in [0.2, 0.25) is 0 Å². The third-order valence-corrected chi connectivity index (χ3v) is 1.38. The molecule has 0 aromatic heterocycles. The number of esters is 1. The van der Waals surface area contributed by atoms with Crippen LogP contribution >= 0.6 is 17.0 Å². The number of ether oxygens (including phenoxy) is 1. The second kappa shape index (κ2) is 7.10. The van der Waals surface area contributed by atoms with Crippen molar-refractivity contribution in [3.8, 4) is 0 Å². The van der Waals surface area contributed by atoms with E-state index >= 15 is 0 Å². The third-order valence-electron chi connectivity index (χ3n) is 1.38. The van der Waals surface area contributed by atoms with Crippen molar-refractivity contribution < 1.29 is 29.0 Å². The van der Waals surface area contributed by atoms with Gasteiger partial charge < -0.3 is 4.74 Å². The molecular weight excluding hydrogens is 285 g/mol. The monoisotopic (exact) mass is 293 g/mol. The average molecular weight is 295 g/mol. The molecule has 0 aliphatic carbocycles. The maximum absolute atomic E-state index is 10.9. The van der Waals surface area contributed by atoms with Crippen molar-refractivity contribution >= 4 is 23.0 Å². The molecule has 1 aromatic carbocycles. The van der Waals surface area contributed by atoms with Crippen molar-refractivity contribution in [2.24, 2.45) is 0 Å². The summed E-state index contributed by atoms with van der Waals surface area (Å²) in [5.74, 6) is -0.315. The Morgan fingerprint density at radius 2 is 1.77 bits per heavy atom. The molecule has 0 saturated heterocycles. The summed E-state index contributed by atoms with van der Waals surface area (Å²) in [5.41, 5.74) is 1.44. The number of carbonyl (C=O) groups is 1. The van der Waals surface area contributed by atoms with E-state index in [1.54, 1.807) is 24.3 Å². The summed E-state index contributed by atoms with van der Waals surface area (Å²) >= 11 is 0. The molecule has 0 aliphatic rings. The van der Waals surface area contributed by atoms with Gasteiger partial charge in [-0.1, -0.05) is 0 Å². The van der Waals surface area contributed by atoms with E-state index in [9.17, 15) is 4.79 Å². The summed E-state index contributed by atoms with van der Waals surface area (Å²) < 4.78 is 4.52. The third kappa shape index (κ3) is 4.44. The number of carbonyl (C=O) groups excluding carboxylic acids is 1. The summed E-state index contributed by atoms with van der Waals surface area (Å²) in [4.78, 5) is 10.9. The minimum Gasteiger partial charge on any atom is -0.465 e. The fourth-order valence-electron chi connectivity index (χ4n) is 0.759. The van der Waals surface area contributed by atoms with Crippen LogP contribution in [-0.4, -0.2) is 13.1 Å². The van der Waals surface area contributed by atoms with Crippen molar-refractivity contribution in [2.45, 2.75) is 0 Å². The van der Waals surface area contributed by atoms with Crippen molar-refractivity contribution in [3.63, 3.8) is 0 Å². The fraction of sp³-hybridized carbons (Fsp3) is 0.111. The van der Waals surface area contributed by atoms with Crippen LogP contribution in [0.5, 0.6) is 0 Å². The molecule has 2 nitrogen and oxygen atoms in total. The maximum Gasteiger partial charge on any atom is 0.335 e. The summed E-state index contributed by atoms with van der Waals surface area (Å²) in [7, 11) is 1.36. The molecule has 0 saturated carbocycles. The van der Waals surface area contributed by atoms with Gasteiger partial charge in [-0.15, -0.1) is 29.1 Å². The molecular formula is C9H10BrO2Zn-. The van der Waals surface area contributed by atoms with Gasteiger partial charge in [0.2, 0.25) is 0 Å². The Morgan fingerprint density at radius 3 is 2.15 bits per heavy atom. The SMILES string of the molecule is Br.[CH2-]c1ccc(C(=O)OC)cc1.[Zn]. The van der Waals surface area contributed by atoms with E-state index in [0.717, 1.165) is 5.56 Å². The molecule has 0 radical (unpaired) electrons. The molecule has 0 N–H and O–H groups in total. The van der Waals surface area contributed by atoms with Gasteiger partial charge in [-0.25, -0.2) is 4.79 Å². The predicted octanol–water partition coefficient (Wildman–Crippen LogP) is 2.23. The van der Waals surface area contributed by atoms with Gasteiger partial charge in [0.15, 0.2) is 0 Å². The summed E-state index contributed by atoms with van der Waals surface area (Å²) in [6.07, 6.45) is 0. The van der Waals surface area contributed by atoms with E-state index in [1.807, 2.05) is 0 Å². The zero-order valence-corrected chi connectivity index (χ0v) is 12.1. The molecule has 0 amide bonds. The normalized spacial score (nSPS) is 7.77. The largest absolute Gasteiger partial charge is 0.465 e. The molecule has 13 heavy (non-hydrogen) atoms. The van der Waals surface area contributed by atoms with Gasteiger partial charge in [-0.3, -0.25) is 0 Å². The predicted molar refractivity (Wildman–Crippen MR) is 52.6 cm³/mol. The molecule has 1 aromatic rings. The van der Waals surface area contributed by atoms with Gasteiger partial charge in [0.1, 0.15) is 0 Å². The molecule has 0 unspecified atom stereocenters. The number of halogens is 1. The van der Waals surface area contributed by atoms with E-state index in [-0.39, 0.29) is 42.4 Å². The van der Waals surface area contributed by atoms with E-state index in [2.05, 4.69) is 11.7 Å². The second-order valence-electron chi connectivity index (χ2n) is 2.19. The van der Waals surface area contributed by atoms with E-state index in [4.69, 9.17) is 0 Å². The number of rotatable bonds is 1. The van der Waals surface area contributed by atoms with Crippen molar-refractivity contribution in [1.29, 1.82) is 0 Å². The Kier molecular flexibility index (Phi) is 8.28. The van der Waals surface area contributed by atoms with Gasteiger partial charge >= 0.3 is 5.97 Å². The van der Waals surface area contributed by atoms with Gasteiger partial charge in [-0.2, -0.15) is 24.6 Å². The summed E-state index contributed by atoms with van der Waals surface area (Å²) in [5, 5.41) is 0. The number of hydrogen-bond donors (Lipinski definition) is 0. The Labute approximate surface area is 101 Å². The molecule has 0 atom stereocenters. The Morgan fingerprint density at radius 1 is 1.31 bits per heavy atom. The Bertz CT molecular complexity index is 259. The standard InChI is InChI=1S/C9H9O2.BrH.Zn/c1-7-3-5-8(6-4-7)9(10)11-2;;/h3-6H,1H2,2H3;1H;/q-1;;. The first kappa shape index (κ1) is 15.1.